The molecule has 3 rings (SSSR count). The largest absolute Gasteiger partial charge is 0.473 e. The molecule has 178 valence electrons. The number of benzene rings is 1. The highest BCUT2D eigenvalue weighted by Gasteiger charge is 2.26. The number of guanidine groups is 1. The molecule has 2 N–H and O–H groups in total. The van der Waals surface area contributed by atoms with E-state index in [2.05, 4.69) is 25.4 Å². The lowest BCUT2D eigenvalue weighted by molar-refractivity contribution is 0.104. The molecule has 0 unspecified atom stereocenters. The molecule has 1 aliphatic heterocycles. The normalized spacial score (nSPS) is 17.0. The molecule has 0 saturated carbocycles. The second kappa shape index (κ2) is 10.7. The summed E-state index contributed by atoms with van der Waals surface area (Å²) >= 11 is 0. The van der Waals surface area contributed by atoms with Crippen molar-refractivity contribution in [2.24, 2.45) is 27.1 Å². The van der Waals surface area contributed by atoms with Crippen molar-refractivity contribution in [1.29, 1.82) is 0 Å². The van der Waals surface area contributed by atoms with Crippen LogP contribution in [-0.2, 0) is 9.84 Å². The third-order valence-electron chi connectivity index (χ3n) is 5.47. The maximum atomic E-state index is 11.6. The number of rotatable bonds is 7. The van der Waals surface area contributed by atoms with Crippen LogP contribution in [0.15, 0.2) is 57.0 Å². The van der Waals surface area contributed by atoms with Gasteiger partial charge in [-0.1, -0.05) is 17.2 Å². The third-order valence-corrected chi connectivity index (χ3v) is 6.60. The van der Waals surface area contributed by atoms with Crippen molar-refractivity contribution >= 4 is 15.8 Å². The molecule has 0 bridgehead atoms. The molecule has 2 aromatic rings. The maximum Gasteiger partial charge on any atom is 0.232 e. The van der Waals surface area contributed by atoms with Crippen LogP contribution < -0.4 is 10.5 Å². The Morgan fingerprint density at radius 3 is 2.33 bits per heavy atom. The first-order valence-corrected chi connectivity index (χ1v) is 12.8. The van der Waals surface area contributed by atoms with Gasteiger partial charge >= 0.3 is 0 Å². The van der Waals surface area contributed by atoms with Crippen molar-refractivity contribution in [2.75, 3.05) is 19.3 Å². The van der Waals surface area contributed by atoms with Crippen LogP contribution in [-0.4, -0.2) is 60.7 Å². The first kappa shape index (κ1) is 24.6. The summed E-state index contributed by atoms with van der Waals surface area (Å²) < 4.78 is 29.2. The van der Waals surface area contributed by atoms with Crippen LogP contribution in [0.3, 0.4) is 0 Å². The molecule has 10 nitrogen and oxygen atoms in total. The van der Waals surface area contributed by atoms with Crippen LogP contribution in [0.25, 0.3) is 11.3 Å². The molecular weight excluding hydrogens is 442 g/mol. The fraction of sp³-hybridized carbons (Fsp3) is 0.500. The van der Waals surface area contributed by atoms with E-state index in [-0.39, 0.29) is 17.0 Å². The number of aromatic nitrogens is 2. The second-order valence-electron chi connectivity index (χ2n) is 8.44. The number of hydrogen-bond donors (Lipinski definition) is 1. The van der Waals surface area contributed by atoms with E-state index in [1.54, 1.807) is 36.7 Å². The fourth-order valence-corrected chi connectivity index (χ4v) is 4.15. The van der Waals surface area contributed by atoms with Gasteiger partial charge in [0.1, 0.15) is 6.10 Å². The Bertz CT molecular complexity index is 1080. The van der Waals surface area contributed by atoms with Gasteiger partial charge in [0.05, 0.1) is 29.0 Å². The number of hydrogen-bond acceptors (Lipinski definition) is 7. The van der Waals surface area contributed by atoms with Gasteiger partial charge in [0, 0.05) is 24.9 Å². The minimum absolute atomic E-state index is 0.0277. The van der Waals surface area contributed by atoms with Gasteiger partial charge < -0.3 is 15.4 Å². The average molecular weight is 474 g/mol. The monoisotopic (exact) mass is 473 g/mol. The van der Waals surface area contributed by atoms with Crippen LogP contribution in [0.4, 0.5) is 0 Å². The van der Waals surface area contributed by atoms with Crippen LogP contribution in [0.1, 0.15) is 33.6 Å². The Hall–Kier alpha value is -3.08. The van der Waals surface area contributed by atoms with Gasteiger partial charge in [-0.25, -0.2) is 18.4 Å². The first-order valence-electron chi connectivity index (χ1n) is 10.9. The van der Waals surface area contributed by atoms with Gasteiger partial charge in [0.15, 0.2) is 9.84 Å². The maximum absolute atomic E-state index is 11.6. The van der Waals surface area contributed by atoms with Crippen LogP contribution in [0, 0.1) is 5.92 Å². The minimum Gasteiger partial charge on any atom is -0.473 e. The lowest BCUT2D eigenvalue weighted by Crippen LogP contribution is -2.45. The van der Waals surface area contributed by atoms with E-state index in [9.17, 15) is 8.42 Å². The molecule has 1 aromatic carbocycles. The Kier molecular flexibility index (Phi) is 7.96. The van der Waals surface area contributed by atoms with Crippen LogP contribution in [0.2, 0.25) is 0 Å². The van der Waals surface area contributed by atoms with Crippen molar-refractivity contribution in [1.82, 2.24) is 14.9 Å². The predicted molar refractivity (Wildman–Crippen MR) is 127 cm³/mol. The van der Waals surface area contributed by atoms with E-state index in [1.165, 1.54) is 6.26 Å². The predicted octanol–water partition coefficient (Wildman–Crippen LogP) is 3.12. The molecule has 1 aromatic heterocycles. The Labute approximate surface area is 194 Å². The zero-order chi connectivity index (χ0) is 24.0. The van der Waals surface area contributed by atoms with E-state index in [0.29, 0.717) is 23.5 Å². The summed E-state index contributed by atoms with van der Waals surface area (Å²) in [6.07, 6.45) is 6.20. The molecule has 1 aliphatic rings. The second-order valence-corrected chi connectivity index (χ2v) is 10.5. The van der Waals surface area contributed by atoms with Gasteiger partial charge in [-0.2, -0.15) is 5.11 Å². The topological polar surface area (TPSA) is 135 Å². The highest BCUT2D eigenvalue weighted by Crippen LogP contribution is 2.25. The summed E-state index contributed by atoms with van der Waals surface area (Å²) in [4.78, 5) is 11.1. The minimum atomic E-state index is -3.23. The van der Waals surface area contributed by atoms with Crippen molar-refractivity contribution < 1.29 is 13.2 Å². The number of ether oxygens (including phenoxy) is 1. The quantitative estimate of drug-likeness (QED) is 0.282. The zero-order valence-electron chi connectivity index (χ0n) is 19.4. The Morgan fingerprint density at radius 2 is 1.79 bits per heavy atom. The SMILES string of the molecule is CC(C)N=N/N=C(\N)N1CCC([C@H](C)Oc2cnc(-c3ccc(S(C)(=O)=O)cc3)cn2)CC1. The standard InChI is InChI=1S/C22H31N7O3S/c1-15(2)26-28-27-22(23)29-11-9-17(10-12-29)16(3)32-21-14-24-20(13-25-21)18-5-7-19(8-6-18)33(4,30)31/h5-8,13-17H,9-12H2,1-4H3,(H2,23,26,27)/t16-/m0/s1. The fourth-order valence-electron chi connectivity index (χ4n) is 3.52. The van der Waals surface area contributed by atoms with Crippen molar-refractivity contribution in [3.63, 3.8) is 0 Å². The number of sulfone groups is 1. The molecule has 1 saturated heterocycles. The number of likely N-dealkylation sites (tertiary alicyclic amines) is 1. The summed E-state index contributed by atoms with van der Waals surface area (Å²) in [5.74, 6) is 1.20. The molecule has 33 heavy (non-hydrogen) atoms. The molecule has 1 atom stereocenters. The van der Waals surface area contributed by atoms with Crippen molar-refractivity contribution in [3.05, 3.63) is 36.7 Å². The molecule has 0 aliphatic carbocycles. The van der Waals surface area contributed by atoms with Crippen LogP contribution >= 0.6 is 0 Å². The van der Waals surface area contributed by atoms with E-state index >= 15 is 0 Å². The lowest BCUT2D eigenvalue weighted by Gasteiger charge is -2.34. The van der Waals surface area contributed by atoms with Gasteiger partial charge in [0.25, 0.3) is 0 Å². The zero-order valence-corrected chi connectivity index (χ0v) is 20.2. The first-order chi connectivity index (χ1) is 15.6. The summed E-state index contributed by atoms with van der Waals surface area (Å²) in [6, 6.07) is 6.65. The third kappa shape index (κ3) is 6.95. The molecule has 2 heterocycles. The molecule has 0 amide bonds. The summed E-state index contributed by atoms with van der Waals surface area (Å²) in [5.41, 5.74) is 7.45. The molecule has 0 radical (unpaired) electrons. The van der Waals surface area contributed by atoms with Crippen molar-refractivity contribution in [2.45, 2.75) is 50.7 Å². The van der Waals surface area contributed by atoms with Gasteiger partial charge in [0.2, 0.25) is 11.8 Å². The summed E-state index contributed by atoms with van der Waals surface area (Å²) in [6.45, 7) is 7.45. The van der Waals surface area contributed by atoms with Crippen LogP contribution in [0.5, 0.6) is 5.88 Å². The van der Waals surface area contributed by atoms with Gasteiger partial charge in [-0.3, -0.25) is 0 Å². The Balaban J connectivity index is 1.53. The molecule has 11 heteroatoms. The van der Waals surface area contributed by atoms with E-state index in [1.807, 2.05) is 25.7 Å². The van der Waals surface area contributed by atoms with E-state index < -0.39 is 9.84 Å². The summed E-state index contributed by atoms with van der Waals surface area (Å²) in [5, 5.41) is 11.7. The van der Waals surface area contributed by atoms with Crippen molar-refractivity contribution in [3.8, 4) is 17.1 Å². The smallest absolute Gasteiger partial charge is 0.232 e. The molecule has 0 spiro atoms. The lowest BCUT2D eigenvalue weighted by atomic mass is 9.92. The molecule has 1 fully saturated rings. The highest BCUT2D eigenvalue weighted by atomic mass is 32.2. The summed E-state index contributed by atoms with van der Waals surface area (Å²) in [7, 11) is -3.23. The highest BCUT2D eigenvalue weighted by molar-refractivity contribution is 7.90. The van der Waals surface area contributed by atoms with Gasteiger partial charge in [-0.15, -0.1) is 0 Å². The van der Waals surface area contributed by atoms with E-state index in [0.717, 1.165) is 31.5 Å². The molecular formula is C22H31N7O3S. The Morgan fingerprint density at radius 1 is 1.12 bits per heavy atom. The number of nitrogens with two attached hydrogens (primary N) is 1. The number of piperidine rings is 1. The number of nitrogens with zero attached hydrogens (tertiary/aromatic N) is 6. The van der Waals surface area contributed by atoms with Gasteiger partial charge in [-0.05, 0) is 56.9 Å². The average Bonchev–Trinajstić information content (AvgIpc) is 2.79. The van der Waals surface area contributed by atoms with E-state index in [4.69, 9.17) is 10.5 Å².